The third kappa shape index (κ3) is 1.85. The lowest BCUT2D eigenvalue weighted by molar-refractivity contribution is -0.119. The van der Waals surface area contributed by atoms with E-state index in [0.717, 1.165) is 18.3 Å². The van der Waals surface area contributed by atoms with Crippen LogP contribution < -0.4 is 0 Å². The highest BCUT2D eigenvalue weighted by Gasteiger charge is 2.67. The molecule has 1 heterocycles. The van der Waals surface area contributed by atoms with Crippen molar-refractivity contribution in [3.05, 3.63) is 0 Å². The Morgan fingerprint density at radius 1 is 1.06 bits per heavy atom. The molecule has 0 N–H and O–H groups in total. The van der Waals surface area contributed by atoms with Crippen molar-refractivity contribution in [1.29, 1.82) is 0 Å². The Morgan fingerprint density at radius 2 is 1.65 bits per heavy atom. The summed E-state index contributed by atoms with van der Waals surface area (Å²) in [6.45, 7) is 4.29. The van der Waals surface area contributed by atoms with Crippen LogP contribution in [0.2, 0.25) is 0 Å². The molecule has 3 rings (SSSR count). The number of carbonyl (C=O) groups is 1. The van der Waals surface area contributed by atoms with E-state index < -0.39 is 0 Å². The molecule has 0 spiro atoms. The average molecular weight is 235 g/mol. The summed E-state index contributed by atoms with van der Waals surface area (Å²) in [6, 6.07) is 0. The maximum absolute atomic E-state index is 11.7. The summed E-state index contributed by atoms with van der Waals surface area (Å²) in [5.74, 6) is 2.13. The van der Waals surface area contributed by atoms with E-state index in [1.807, 2.05) is 0 Å². The third-order valence-electron chi connectivity index (χ3n) is 5.42. The van der Waals surface area contributed by atoms with Crippen LogP contribution in [-0.2, 0) is 4.79 Å². The van der Waals surface area contributed by atoms with Crippen LogP contribution in [0.15, 0.2) is 0 Å². The Kier molecular flexibility index (Phi) is 3.02. The molecule has 0 aromatic carbocycles. The largest absolute Gasteiger partial charge is 0.300 e. The van der Waals surface area contributed by atoms with E-state index in [2.05, 4.69) is 4.90 Å². The zero-order chi connectivity index (χ0) is 11.9. The molecule has 2 saturated carbocycles. The molecule has 2 heteroatoms. The van der Waals surface area contributed by atoms with Gasteiger partial charge in [0.2, 0.25) is 0 Å². The van der Waals surface area contributed by atoms with Crippen LogP contribution in [0.3, 0.4) is 0 Å². The Morgan fingerprint density at radius 3 is 2.18 bits per heavy atom. The summed E-state index contributed by atoms with van der Waals surface area (Å²) in [6.07, 6.45) is 10.5. The fraction of sp³-hybridized carbons (Fsp3) is 0.933. The molecule has 1 saturated heterocycles. The molecule has 17 heavy (non-hydrogen) atoms. The second-order valence-electron chi connectivity index (χ2n) is 6.42. The minimum Gasteiger partial charge on any atom is -0.300 e. The van der Waals surface area contributed by atoms with Gasteiger partial charge in [0.05, 0.1) is 0 Å². The van der Waals surface area contributed by atoms with Crippen LogP contribution in [0.1, 0.15) is 58.3 Å². The number of likely N-dealkylation sites (tertiary alicyclic amines) is 1. The van der Waals surface area contributed by atoms with Crippen molar-refractivity contribution in [3.63, 3.8) is 0 Å². The van der Waals surface area contributed by atoms with E-state index in [1.54, 1.807) is 6.92 Å². The first-order valence-electron chi connectivity index (χ1n) is 7.49. The minimum atomic E-state index is 0.322. The molecular weight excluding hydrogens is 210 g/mol. The number of carbonyl (C=O) groups excluding carboxylic acids is 1. The number of hydrogen-bond donors (Lipinski definition) is 0. The molecule has 0 aromatic heterocycles. The summed E-state index contributed by atoms with van der Waals surface area (Å²) in [4.78, 5) is 14.4. The van der Waals surface area contributed by atoms with E-state index in [-0.39, 0.29) is 0 Å². The highest BCUT2D eigenvalue weighted by Crippen LogP contribution is 2.64. The van der Waals surface area contributed by atoms with Gasteiger partial charge in [-0.2, -0.15) is 0 Å². The van der Waals surface area contributed by atoms with E-state index in [1.165, 1.54) is 58.0 Å². The quantitative estimate of drug-likeness (QED) is 0.749. The maximum atomic E-state index is 11.7. The summed E-state index contributed by atoms with van der Waals surface area (Å²) in [5.41, 5.74) is 0.322. The predicted octanol–water partition coefficient (Wildman–Crippen LogP) is 3.01. The van der Waals surface area contributed by atoms with Crippen molar-refractivity contribution in [1.82, 2.24) is 4.90 Å². The molecule has 0 amide bonds. The lowest BCUT2D eigenvalue weighted by atomic mass is 9.98. The van der Waals surface area contributed by atoms with Gasteiger partial charge in [-0.25, -0.2) is 0 Å². The van der Waals surface area contributed by atoms with Crippen molar-refractivity contribution in [3.8, 4) is 0 Å². The molecular formula is C15H25NO. The van der Waals surface area contributed by atoms with Gasteiger partial charge >= 0.3 is 0 Å². The number of hydrogen-bond acceptors (Lipinski definition) is 2. The van der Waals surface area contributed by atoms with E-state index >= 15 is 0 Å². The first-order chi connectivity index (χ1) is 8.25. The van der Waals surface area contributed by atoms with Gasteiger partial charge in [0.15, 0.2) is 0 Å². The van der Waals surface area contributed by atoms with Gasteiger partial charge in [-0.05, 0) is 57.5 Å². The zero-order valence-corrected chi connectivity index (χ0v) is 11.1. The van der Waals surface area contributed by atoms with Crippen molar-refractivity contribution >= 4 is 5.78 Å². The van der Waals surface area contributed by atoms with Crippen LogP contribution in [-0.4, -0.2) is 29.3 Å². The van der Waals surface area contributed by atoms with E-state index in [4.69, 9.17) is 0 Å². The Labute approximate surface area is 105 Å². The Hall–Kier alpha value is -0.370. The topological polar surface area (TPSA) is 20.3 Å². The lowest BCUT2D eigenvalue weighted by Crippen LogP contribution is -2.44. The second kappa shape index (κ2) is 4.38. The van der Waals surface area contributed by atoms with Gasteiger partial charge in [-0.3, -0.25) is 9.69 Å². The van der Waals surface area contributed by atoms with Crippen LogP contribution in [0.4, 0.5) is 0 Å². The zero-order valence-electron chi connectivity index (χ0n) is 11.1. The minimum absolute atomic E-state index is 0.322. The monoisotopic (exact) mass is 235 g/mol. The molecule has 2 aliphatic carbocycles. The Balaban J connectivity index is 1.79. The van der Waals surface area contributed by atoms with Crippen LogP contribution in [0, 0.1) is 11.8 Å². The third-order valence-corrected chi connectivity index (χ3v) is 5.42. The van der Waals surface area contributed by atoms with Crippen LogP contribution in [0.25, 0.3) is 0 Å². The molecule has 3 atom stereocenters. The van der Waals surface area contributed by atoms with Gasteiger partial charge in [0, 0.05) is 12.0 Å². The van der Waals surface area contributed by atoms with Crippen molar-refractivity contribution < 1.29 is 4.79 Å². The number of ketones is 1. The maximum Gasteiger partial charge on any atom is 0.131 e. The number of piperidine rings is 1. The predicted molar refractivity (Wildman–Crippen MR) is 68.9 cm³/mol. The summed E-state index contributed by atoms with van der Waals surface area (Å²) in [7, 11) is 0. The second-order valence-corrected chi connectivity index (χ2v) is 6.42. The van der Waals surface area contributed by atoms with Crippen molar-refractivity contribution in [2.24, 2.45) is 11.8 Å². The SMILES string of the molecule is CC(=O)CC1(N2CCCCC2)[C@@H]2CCCC[C@@H]21. The molecule has 0 aromatic rings. The highest BCUT2D eigenvalue weighted by atomic mass is 16.1. The number of Topliss-reactive ketones (excluding diaryl/α,β-unsaturated/α-hetero) is 1. The molecule has 3 aliphatic rings. The first-order valence-corrected chi connectivity index (χ1v) is 7.49. The summed E-state index contributed by atoms with van der Waals surface area (Å²) in [5, 5.41) is 0. The molecule has 96 valence electrons. The van der Waals surface area contributed by atoms with Gasteiger partial charge < -0.3 is 0 Å². The molecule has 2 nitrogen and oxygen atoms in total. The van der Waals surface area contributed by atoms with Crippen molar-refractivity contribution in [2.45, 2.75) is 63.8 Å². The van der Waals surface area contributed by atoms with Gasteiger partial charge in [0.25, 0.3) is 0 Å². The lowest BCUT2D eigenvalue weighted by Gasteiger charge is -2.36. The van der Waals surface area contributed by atoms with E-state index in [0.29, 0.717) is 11.3 Å². The van der Waals surface area contributed by atoms with Gasteiger partial charge in [-0.1, -0.05) is 19.3 Å². The van der Waals surface area contributed by atoms with Crippen LogP contribution in [0.5, 0.6) is 0 Å². The Bertz CT molecular complexity index is 294. The van der Waals surface area contributed by atoms with Crippen molar-refractivity contribution in [2.75, 3.05) is 13.1 Å². The number of nitrogens with zero attached hydrogens (tertiary/aromatic N) is 1. The van der Waals surface area contributed by atoms with Crippen LogP contribution >= 0.6 is 0 Å². The molecule has 0 radical (unpaired) electrons. The smallest absolute Gasteiger partial charge is 0.131 e. The first kappa shape index (κ1) is 11.7. The number of fused-ring (bicyclic) bond motifs is 1. The summed E-state index contributed by atoms with van der Waals surface area (Å²) < 4.78 is 0. The molecule has 1 aliphatic heterocycles. The fourth-order valence-electron chi connectivity index (χ4n) is 4.77. The number of rotatable bonds is 3. The van der Waals surface area contributed by atoms with Gasteiger partial charge in [0.1, 0.15) is 5.78 Å². The standard InChI is InChI=1S/C15H25NO/c1-12(17)11-15(16-9-5-2-6-10-16)13-7-3-4-8-14(13)15/h13-14H,2-11H2,1H3/t13-,14+,15?. The normalized spacial score (nSPS) is 41.9. The average Bonchev–Trinajstić information content (AvgIpc) is 2.99. The summed E-state index contributed by atoms with van der Waals surface area (Å²) >= 11 is 0. The molecule has 0 bridgehead atoms. The molecule has 3 fully saturated rings. The van der Waals surface area contributed by atoms with E-state index in [9.17, 15) is 4.79 Å². The molecule has 1 unspecified atom stereocenters. The van der Waals surface area contributed by atoms with Gasteiger partial charge in [-0.15, -0.1) is 0 Å². The highest BCUT2D eigenvalue weighted by molar-refractivity contribution is 5.77. The fourth-order valence-corrected chi connectivity index (χ4v) is 4.77.